The molecule has 2 aliphatic rings. The van der Waals surface area contributed by atoms with E-state index in [9.17, 15) is 4.79 Å². The van der Waals surface area contributed by atoms with Crippen molar-refractivity contribution >= 4 is 23.2 Å². The van der Waals surface area contributed by atoms with Gasteiger partial charge in [0.05, 0.1) is 13.2 Å². The van der Waals surface area contributed by atoms with Gasteiger partial charge in [-0.2, -0.15) is 0 Å². The van der Waals surface area contributed by atoms with Crippen molar-refractivity contribution in [1.82, 2.24) is 4.90 Å². The van der Waals surface area contributed by atoms with E-state index in [2.05, 4.69) is 10.2 Å². The first-order valence-corrected chi connectivity index (χ1v) is 8.12. The molecule has 0 saturated carbocycles. The zero-order valence-electron chi connectivity index (χ0n) is 12.6. The lowest BCUT2D eigenvalue weighted by molar-refractivity contribution is -0.167. The molecular formula is C18H17ClN2O2. The van der Waals surface area contributed by atoms with Gasteiger partial charge in [0.2, 0.25) is 5.91 Å². The Balaban J connectivity index is 2.01. The second-order valence-electron chi connectivity index (χ2n) is 5.87. The minimum absolute atomic E-state index is 0.0307. The van der Waals surface area contributed by atoms with Crippen molar-refractivity contribution < 1.29 is 9.53 Å². The highest BCUT2D eigenvalue weighted by Gasteiger charge is 2.47. The van der Waals surface area contributed by atoms with E-state index in [1.165, 1.54) is 0 Å². The van der Waals surface area contributed by atoms with Gasteiger partial charge in [0.15, 0.2) is 5.72 Å². The molecule has 2 aromatic carbocycles. The van der Waals surface area contributed by atoms with Crippen LogP contribution < -0.4 is 5.32 Å². The molecule has 1 N–H and O–H groups in total. The van der Waals surface area contributed by atoms with E-state index in [-0.39, 0.29) is 5.91 Å². The molecule has 1 fully saturated rings. The Bertz CT molecular complexity index is 750. The number of fused-ring (bicyclic) bond motifs is 3. The quantitative estimate of drug-likeness (QED) is 0.874. The van der Waals surface area contributed by atoms with Gasteiger partial charge in [0.25, 0.3) is 0 Å². The van der Waals surface area contributed by atoms with Crippen LogP contribution in [0, 0.1) is 0 Å². The molecule has 1 saturated heterocycles. The Hall–Kier alpha value is -1.88. The van der Waals surface area contributed by atoms with Gasteiger partial charge in [-0.3, -0.25) is 9.69 Å². The Morgan fingerprint density at radius 1 is 1.17 bits per heavy atom. The largest absolute Gasteiger partial charge is 0.352 e. The smallest absolute Gasteiger partial charge is 0.238 e. The molecule has 23 heavy (non-hydrogen) atoms. The molecule has 0 aromatic heterocycles. The lowest BCUT2D eigenvalue weighted by atomic mass is 9.90. The molecule has 2 heterocycles. The summed E-state index contributed by atoms with van der Waals surface area (Å²) in [5.74, 6) is -0.0307. The number of amides is 1. The van der Waals surface area contributed by atoms with Crippen molar-refractivity contribution in [1.29, 1.82) is 0 Å². The molecule has 1 amide bonds. The topological polar surface area (TPSA) is 41.6 Å². The molecule has 118 valence electrons. The van der Waals surface area contributed by atoms with E-state index >= 15 is 0 Å². The molecule has 4 nitrogen and oxygen atoms in total. The number of anilines is 1. The van der Waals surface area contributed by atoms with Gasteiger partial charge in [-0.15, -0.1) is 0 Å². The maximum atomic E-state index is 12.3. The molecule has 4 rings (SSSR count). The van der Waals surface area contributed by atoms with Crippen molar-refractivity contribution in [2.45, 2.75) is 12.1 Å². The second-order valence-corrected chi connectivity index (χ2v) is 6.31. The van der Waals surface area contributed by atoms with Crippen LogP contribution in [0.25, 0.3) is 0 Å². The summed E-state index contributed by atoms with van der Waals surface area (Å²) in [7, 11) is 0. The zero-order valence-corrected chi connectivity index (χ0v) is 13.3. The Labute approximate surface area is 140 Å². The van der Waals surface area contributed by atoms with Gasteiger partial charge < -0.3 is 10.1 Å². The van der Waals surface area contributed by atoms with Crippen LogP contribution in [0.4, 0.5) is 5.69 Å². The van der Waals surface area contributed by atoms with Crippen LogP contribution in [0.2, 0.25) is 5.02 Å². The van der Waals surface area contributed by atoms with E-state index in [1.807, 2.05) is 42.5 Å². The molecule has 2 aromatic rings. The number of nitrogens with one attached hydrogen (secondary N) is 1. The number of hydrogen-bond donors (Lipinski definition) is 1. The average Bonchev–Trinajstić information content (AvgIpc) is 2.70. The summed E-state index contributed by atoms with van der Waals surface area (Å²) in [6, 6.07) is 15.6. The van der Waals surface area contributed by atoms with Crippen LogP contribution in [0.1, 0.15) is 17.5 Å². The highest BCUT2D eigenvalue weighted by atomic mass is 35.5. The monoisotopic (exact) mass is 328 g/mol. The number of ether oxygens (including phenoxy) is 1. The predicted molar refractivity (Wildman–Crippen MR) is 89.4 cm³/mol. The summed E-state index contributed by atoms with van der Waals surface area (Å²) in [6.45, 7) is 1.74. The summed E-state index contributed by atoms with van der Waals surface area (Å²) in [4.78, 5) is 14.4. The number of hydrogen-bond acceptors (Lipinski definition) is 3. The third-order valence-electron chi connectivity index (χ3n) is 4.45. The third-order valence-corrected chi connectivity index (χ3v) is 4.68. The minimum atomic E-state index is -0.779. The van der Waals surface area contributed by atoms with E-state index in [0.29, 0.717) is 18.2 Å². The SMILES string of the molecule is O=C1CN2CCCOC2(c2ccccc2)c2cc(Cl)ccc2N1. The van der Waals surface area contributed by atoms with E-state index in [0.717, 1.165) is 29.8 Å². The van der Waals surface area contributed by atoms with Crippen LogP contribution in [0.5, 0.6) is 0 Å². The number of rotatable bonds is 1. The van der Waals surface area contributed by atoms with Crippen molar-refractivity contribution in [3.05, 3.63) is 64.7 Å². The van der Waals surface area contributed by atoms with Crippen molar-refractivity contribution in [2.24, 2.45) is 0 Å². The lowest BCUT2D eigenvalue weighted by Crippen LogP contribution is -2.53. The van der Waals surface area contributed by atoms with Crippen molar-refractivity contribution in [3.8, 4) is 0 Å². The summed E-state index contributed by atoms with van der Waals surface area (Å²) < 4.78 is 6.34. The number of benzene rings is 2. The second kappa shape index (κ2) is 5.64. The normalized spacial score (nSPS) is 24.3. The first kappa shape index (κ1) is 14.7. The first-order chi connectivity index (χ1) is 11.2. The van der Waals surface area contributed by atoms with E-state index < -0.39 is 5.72 Å². The molecule has 0 bridgehead atoms. The fourth-order valence-electron chi connectivity index (χ4n) is 3.52. The van der Waals surface area contributed by atoms with Crippen LogP contribution >= 0.6 is 11.6 Å². The number of halogens is 1. The van der Waals surface area contributed by atoms with Gasteiger partial charge in [-0.25, -0.2) is 0 Å². The summed E-state index contributed by atoms with van der Waals surface area (Å²) in [6.07, 6.45) is 0.901. The van der Waals surface area contributed by atoms with E-state index in [4.69, 9.17) is 16.3 Å². The molecular weight excluding hydrogens is 312 g/mol. The van der Waals surface area contributed by atoms with Crippen LogP contribution in [0.15, 0.2) is 48.5 Å². The van der Waals surface area contributed by atoms with Gasteiger partial charge >= 0.3 is 0 Å². The number of carbonyl (C=O) groups is 1. The van der Waals surface area contributed by atoms with Gasteiger partial charge in [0, 0.05) is 28.4 Å². The molecule has 2 aliphatic heterocycles. The highest BCUT2D eigenvalue weighted by molar-refractivity contribution is 6.30. The van der Waals surface area contributed by atoms with Gasteiger partial charge in [0.1, 0.15) is 0 Å². The molecule has 1 unspecified atom stereocenters. The molecule has 1 atom stereocenters. The van der Waals surface area contributed by atoms with Crippen LogP contribution in [-0.4, -0.2) is 30.5 Å². The Morgan fingerprint density at radius 2 is 2.00 bits per heavy atom. The van der Waals surface area contributed by atoms with Gasteiger partial charge in [-0.05, 0) is 24.6 Å². The molecule has 0 radical (unpaired) electrons. The summed E-state index contributed by atoms with van der Waals surface area (Å²) in [5.41, 5.74) is 1.88. The molecule has 5 heteroatoms. The minimum Gasteiger partial charge on any atom is -0.352 e. The fourth-order valence-corrected chi connectivity index (χ4v) is 3.69. The third kappa shape index (κ3) is 2.34. The fraction of sp³-hybridized carbons (Fsp3) is 0.278. The van der Waals surface area contributed by atoms with Crippen molar-refractivity contribution in [3.63, 3.8) is 0 Å². The zero-order chi connectivity index (χ0) is 15.9. The number of nitrogens with zero attached hydrogens (tertiary/aromatic N) is 1. The van der Waals surface area contributed by atoms with Crippen LogP contribution in [-0.2, 0) is 15.3 Å². The van der Waals surface area contributed by atoms with E-state index in [1.54, 1.807) is 6.07 Å². The average molecular weight is 329 g/mol. The standard InChI is InChI=1S/C18H17ClN2O2/c19-14-7-8-16-15(11-14)18(13-5-2-1-3-6-13)21(9-4-10-23-18)12-17(22)20-16/h1-3,5-8,11H,4,9-10,12H2,(H,20,22). The lowest BCUT2D eigenvalue weighted by Gasteiger charge is -2.46. The molecule has 0 aliphatic carbocycles. The van der Waals surface area contributed by atoms with Gasteiger partial charge in [-0.1, -0.05) is 41.9 Å². The van der Waals surface area contributed by atoms with Crippen molar-refractivity contribution in [2.75, 3.05) is 25.0 Å². The predicted octanol–water partition coefficient (Wildman–Crippen LogP) is 3.22. The summed E-state index contributed by atoms with van der Waals surface area (Å²) in [5, 5.41) is 3.61. The number of carbonyl (C=O) groups excluding carboxylic acids is 1. The highest BCUT2D eigenvalue weighted by Crippen LogP contribution is 2.45. The Kier molecular flexibility index (Phi) is 3.60. The van der Waals surface area contributed by atoms with Crippen LogP contribution in [0.3, 0.4) is 0 Å². The Morgan fingerprint density at radius 3 is 2.83 bits per heavy atom. The molecule has 0 spiro atoms. The maximum Gasteiger partial charge on any atom is 0.238 e. The maximum absolute atomic E-state index is 12.3. The summed E-state index contributed by atoms with van der Waals surface area (Å²) >= 11 is 6.26. The first-order valence-electron chi connectivity index (χ1n) is 7.74.